The number of carbonyl (C=O) groups is 2. The van der Waals surface area contributed by atoms with Crippen molar-refractivity contribution in [1.29, 1.82) is 0 Å². The number of nitrogens with one attached hydrogen (secondary N) is 2. The molecule has 2 amide bonds. The number of benzene rings is 1. The second kappa shape index (κ2) is 6.92. The Morgan fingerprint density at radius 1 is 1.29 bits per heavy atom. The largest absolute Gasteiger partial charge is 0.468 e. The number of carbonyl (C=O) groups excluding carboxylic acids is 2. The van der Waals surface area contributed by atoms with Gasteiger partial charge in [0.1, 0.15) is 5.92 Å². The number of anilines is 1. The van der Waals surface area contributed by atoms with Crippen molar-refractivity contribution in [3.63, 3.8) is 0 Å². The van der Waals surface area contributed by atoms with E-state index in [-0.39, 0.29) is 6.03 Å². The number of esters is 1. The summed E-state index contributed by atoms with van der Waals surface area (Å²) in [6, 6.07) is 6.95. The normalized spacial score (nSPS) is 24.1. The van der Waals surface area contributed by atoms with Crippen LogP contribution < -0.4 is 15.5 Å². The van der Waals surface area contributed by atoms with Crippen molar-refractivity contribution in [3.8, 4) is 0 Å². The lowest BCUT2D eigenvalue weighted by Gasteiger charge is -2.33. The van der Waals surface area contributed by atoms with E-state index in [1.165, 1.54) is 7.11 Å². The Morgan fingerprint density at radius 2 is 1.96 bits per heavy atom. The maximum Gasteiger partial charge on any atom is 0.319 e. The number of rotatable bonds is 3. The molecular weight excluding hydrogens is 310 g/mol. The van der Waals surface area contributed by atoms with Crippen molar-refractivity contribution in [2.45, 2.75) is 6.04 Å². The Labute approximate surface area is 140 Å². The van der Waals surface area contributed by atoms with E-state index < -0.39 is 17.9 Å². The predicted octanol–water partition coefficient (Wildman–Crippen LogP) is 1.18. The molecule has 24 heavy (non-hydrogen) atoms. The third-order valence-corrected chi connectivity index (χ3v) is 4.35. The SMILES string of the molecule is C=C1NC(=O)N[C@@H](c2ccc(N3CCOCC3)cc2)[C@@H]1C(=O)OC. The summed E-state index contributed by atoms with van der Waals surface area (Å²) in [6.45, 7) is 6.93. The number of morpholine rings is 1. The zero-order valence-corrected chi connectivity index (χ0v) is 13.6. The average molecular weight is 331 g/mol. The van der Waals surface area contributed by atoms with E-state index in [0.717, 1.165) is 37.6 Å². The highest BCUT2D eigenvalue weighted by Crippen LogP contribution is 2.31. The van der Waals surface area contributed by atoms with Crippen LogP contribution in [0.5, 0.6) is 0 Å². The van der Waals surface area contributed by atoms with Crippen LogP contribution >= 0.6 is 0 Å². The lowest BCUT2D eigenvalue weighted by atomic mass is 9.89. The number of hydrogen-bond acceptors (Lipinski definition) is 5. The molecule has 0 aliphatic carbocycles. The molecule has 0 bridgehead atoms. The fraction of sp³-hybridized carbons (Fsp3) is 0.412. The molecule has 2 saturated heterocycles. The first-order valence-corrected chi connectivity index (χ1v) is 7.87. The molecule has 2 aliphatic heterocycles. The maximum atomic E-state index is 12.1. The molecule has 0 aromatic heterocycles. The van der Waals surface area contributed by atoms with Crippen LogP contribution in [0.2, 0.25) is 0 Å². The van der Waals surface area contributed by atoms with E-state index in [1.807, 2.05) is 24.3 Å². The van der Waals surface area contributed by atoms with Gasteiger partial charge in [0.2, 0.25) is 0 Å². The van der Waals surface area contributed by atoms with Crippen molar-refractivity contribution in [1.82, 2.24) is 10.6 Å². The van der Waals surface area contributed by atoms with Crippen molar-refractivity contribution in [3.05, 3.63) is 42.1 Å². The molecule has 2 heterocycles. The number of nitrogens with zero attached hydrogens (tertiary/aromatic N) is 1. The van der Waals surface area contributed by atoms with Crippen molar-refractivity contribution in [2.75, 3.05) is 38.3 Å². The number of urea groups is 1. The molecule has 0 radical (unpaired) electrons. The van der Waals surface area contributed by atoms with E-state index in [2.05, 4.69) is 22.1 Å². The summed E-state index contributed by atoms with van der Waals surface area (Å²) in [5.41, 5.74) is 2.27. The Morgan fingerprint density at radius 3 is 2.58 bits per heavy atom. The van der Waals surface area contributed by atoms with Gasteiger partial charge in [0.25, 0.3) is 0 Å². The Balaban J connectivity index is 1.83. The zero-order chi connectivity index (χ0) is 17.1. The van der Waals surface area contributed by atoms with Gasteiger partial charge in [-0.15, -0.1) is 0 Å². The summed E-state index contributed by atoms with van der Waals surface area (Å²) >= 11 is 0. The zero-order valence-electron chi connectivity index (χ0n) is 13.6. The van der Waals surface area contributed by atoms with Gasteiger partial charge in [-0.3, -0.25) is 4.79 Å². The first-order chi connectivity index (χ1) is 11.6. The number of hydrogen-bond donors (Lipinski definition) is 2. The van der Waals surface area contributed by atoms with Crippen LogP contribution in [0.4, 0.5) is 10.5 Å². The molecule has 2 aliphatic rings. The molecule has 3 rings (SSSR count). The molecule has 7 nitrogen and oxygen atoms in total. The molecule has 1 aromatic rings. The third-order valence-electron chi connectivity index (χ3n) is 4.35. The maximum absolute atomic E-state index is 12.1. The lowest BCUT2D eigenvalue weighted by molar-refractivity contribution is -0.145. The third kappa shape index (κ3) is 3.21. The van der Waals surface area contributed by atoms with E-state index in [1.54, 1.807) is 0 Å². The molecule has 0 spiro atoms. The van der Waals surface area contributed by atoms with Gasteiger partial charge in [0.15, 0.2) is 0 Å². The van der Waals surface area contributed by atoms with Crippen LogP contribution in [-0.2, 0) is 14.3 Å². The molecule has 7 heteroatoms. The first-order valence-electron chi connectivity index (χ1n) is 7.87. The molecule has 2 fully saturated rings. The second-order valence-corrected chi connectivity index (χ2v) is 5.79. The Bertz CT molecular complexity index is 638. The predicted molar refractivity (Wildman–Crippen MR) is 88.5 cm³/mol. The molecule has 1 aromatic carbocycles. The van der Waals surface area contributed by atoms with Gasteiger partial charge in [0, 0.05) is 24.5 Å². The monoisotopic (exact) mass is 331 g/mol. The molecule has 2 N–H and O–H groups in total. The highest BCUT2D eigenvalue weighted by Gasteiger charge is 2.38. The van der Waals surface area contributed by atoms with Crippen LogP contribution in [-0.4, -0.2) is 45.4 Å². The second-order valence-electron chi connectivity index (χ2n) is 5.79. The summed E-state index contributed by atoms with van der Waals surface area (Å²) in [6.07, 6.45) is 0. The molecule has 2 atom stereocenters. The quantitative estimate of drug-likeness (QED) is 0.813. The number of ether oxygens (including phenoxy) is 2. The van der Waals surface area contributed by atoms with E-state index in [9.17, 15) is 9.59 Å². The van der Waals surface area contributed by atoms with Gasteiger partial charge < -0.3 is 25.0 Å². The summed E-state index contributed by atoms with van der Waals surface area (Å²) < 4.78 is 10.2. The minimum Gasteiger partial charge on any atom is -0.468 e. The summed E-state index contributed by atoms with van der Waals surface area (Å²) in [4.78, 5) is 26.1. The van der Waals surface area contributed by atoms with Gasteiger partial charge >= 0.3 is 12.0 Å². The molecular formula is C17H21N3O4. The Hall–Kier alpha value is -2.54. The van der Waals surface area contributed by atoms with Gasteiger partial charge in [-0.1, -0.05) is 18.7 Å². The highest BCUT2D eigenvalue weighted by molar-refractivity contribution is 5.85. The minimum atomic E-state index is -0.665. The van der Waals surface area contributed by atoms with E-state index >= 15 is 0 Å². The summed E-state index contributed by atoms with van der Waals surface area (Å²) in [7, 11) is 1.32. The van der Waals surface area contributed by atoms with Crippen LogP contribution in [0.3, 0.4) is 0 Å². The highest BCUT2D eigenvalue weighted by atomic mass is 16.5. The number of amides is 2. The van der Waals surface area contributed by atoms with Crippen LogP contribution in [0.25, 0.3) is 0 Å². The van der Waals surface area contributed by atoms with E-state index in [4.69, 9.17) is 9.47 Å². The van der Waals surface area contributed by atoms with Gasteiger partial charge in [-0.2, -0.15) is 0 Å². The van der Waals surface area contributed by atoms with Crippen LogP contribution in [0, 0.1) is 5.92 Å². The van der Waals surface area contributed by atoms with E-state index in [0.29, 0.717) is 5.70 Å². The standard InChI is InChI=1S/C17H21N3O4/c1-11-14(16(21)23-2)15(19-17(22)18-11)12-3-5-13(6-4-12)20-7-9-24-10-8-20/h3-6,14-15H,1,7-10H2,2H3,(H2,18,19,22)/t14-,15+/m1/s1. The molecule has 0 unspecified atom stereocenters. The summed E-state index contributed by atoms with van der Waals surface area (Å²) in [5, 5.41) is 5.32. The molecule has 0 saturated carbocycles. The fourth-order valence-corrected chi connectivity index (χ4v) is 3.08. The topological polar surface area (TPSA) is 79.9 Å². The van der Waals surface area contributed by atoms with Gasteiger partial charge in [-0.05, 0) is 17.7 Å². The number of methoxy groups -OCH3 is 1. The van der Waals surface area contributed by atoms with Crippen LogP contribution in [0.1, 0.15) is 11.6 Å². The Kier molecular flexibility index (Phi) is 4.71. The van der Waals surface area contributed by atoms with Crippen molar-refractivity contribution >= 4 is 17.7 Å². The lowest BCUT2D eigenvalue weighted by Crippen LogP contribution is -2.51. The van der Waals surface area contributed by atoms with Gasteiger partial charge in [-0.25, -0.2) is 4.79 Å². The van der Waals surface area contributed by atoms with Crippen LogP contribution in [0.15, 0.2) is 36.5 Å². The fourth-order valence-electron chi connectivity index (χ4n) is 3.08. The smallest absolute Gasteiger partial charge is 0.319 e. The molecule has 128 valence electrons. The summed E-state index contributed by atoms with van der Waals surface area (Å²) in [5.74, 6) is -1.10. The van der Waals surface area contributed by atoms with Gasteiger partial charge in [0.05, 0.1) is 26.4 Å². The van der Waals surface area contributed by atoms with Crippen molar-refractivity contribution in [2.24, 2.45) is 5.92 Å². The van der Waals surface area contributed by atoms with Crippen molar-refractivity contribution < 1.29 is 19.1 Å². The minimum absolute atomic E-state index is 0.341. The average Bonchev–Trinajstić information content (AvgIpc) is 2.61. The first kappa shape index (κ1) is 16.3.